The van der Waals surface area contributed by atoms with Crippen molar-refractivity contribution in [3.05, 3.63) is 0 Å². The molecule has 0 saturated carbocycles. The normalized spacial score (nSPS) is 12.7. The van der Waals surface area contributed by atoms with Crippen LogP contribution >= 0.6 is 9.24 Å². The fourth-order valence-corrected chi connectivity index (χ4v) is 7.09. The SMILES string of the molecule is CCCCCCCCCCCCC(CCCCCC)C(P)(CCCCCC)CCCCCC.CCCCOS(=O)(=O)O. The minimum atomic E-state index is -4.20. The Labute approximate surface area is 268 Å². The van der Waals surface area contributed by atoms with Crippen LogP contribution in [-0.2, 0) is 14.6 Å². The van der Waals surface area contributed by atoms with E-state index in [1.54, 1.807) is 0 Å². The first-order valence-electron chi connectivity index (χ1n) is 18.6. The zero-order valence-corrected chi connectivity index (χ0v) is 31.2. The number of unbranched alkanes of at least 4 members (excludes halogenated alkanes) is 19. The van der Waals surface area contributed by atoms with Gasteiger partial charge >= 0.3 is 10.4 Å². The highest BCUT2D eigenvalue weighted by Crippen LogP contribution is 2.44. The summed E-state index contributed by atoms with van der Waals surface area (Å²) in [7, 11) is -0.711. The Balaban J connectivity index is 0. The summed E-state index contributed by atoms with van der Waals surface area (Å²) in [5.41, 5.74) is 0. The smallest absolute Gasteiger partial charge is 0.264 e. The van der Waals surface area contributed by atoms with Gasteiger partial charge in [-0.1, -0.05) is 182 Å². The van der Waals surface area contributed by atoms with E-state index in [-0.39, 0.29) is 6.61 Å². The third-order valence-corrected chi connectivity index (χ3v) is 10.4. The molecule has 2 unspecified atom stereocenters. The van der Waals surface area contributed by atoms with Gasteiger partial charge < -0.3 is 0 Å². The molecule has 0 aliphatic carbocycles. The molecule has 0 radical (unpaired) electrons. The van der Waals surface area contributed by atoms with Crippen LogP contribution in [-0.4, -0.2) is 24.7 Å². The second-order valence-electron chi connectivity index (χ2n) is 13.0. The maximum atomic E-state index is 9.84. The van der Waals surface area contributed by atoms with Crippen LogP contribution in [0.25, 0.3) is 0 Å². The highest BCUT2D eigenvalue weighted by Gasteiger charge is 2.32. The van der Waals surface area contributed by atoms with Crippen molar-refractivity contribution in [3.63, 3.8) is 0 Å². The summed E-state index contributed by atoms with van der Waals surface area (Å²) in [6.07, 6.45) is 39.1. The van der Waals surface area contributed by atoms with Gasteiger partial charge in [-0.2, -0.15) is 8.42 Å². The van der Waals surface area contributed by atoms with Gasteiger partial charge in [-0.05, 0) is 43.2 Å². The van der Waals surface area contributed by atoms with E-state index in [2.05, 4.69) is 41.1 Å². The van der Waals surface area contributed by atoms with Gasteiger partial charge in [-0.3, -0.25) is 4.55 Å². The zero-order valence-electron chi connectivity index (χ0n) is 29.2. The molecule has 4 nitrogen and oxygen atoms in total. The van der Waals surface area contributed by atoms with Crippen LogP contribution in [0.1, 0.15) is 214 Å². The van der Waals surface area contributed by atoms with Crippen LogP contribution in [0.2, 0.25) is 0 Å². The van der Waals surface area contributed by atoms with Crippen LogP contribution in [0, 0.1) is 5.92 Å². The maximum Gasteiger partial charge on any atom is 0.397 e. The molecule has 0 aromatic carbocycles. The van der Waals surface area contributed by atoms with E-state index in [1.807, 2.05) is 6.92 Å². The summed E-state index contributed by atoms with van der Waals surface area (Å²) in [5, 5.41) is 0.521. The van der Waals surface area contributed by atoms with Crippen LogP contribution in [0.15, 0.2) is 0 Å². The lowest BCUT2D eigenvalue weighted by Gasteiger charge is -2.39. The number of hydrogen-bond acceptors (Lipinski definition) is 3. The lowest BCUT2D eigenvalue weighted by atomic mass is 9.77. The standard InChI is InChI=1S/C32H67P.C4H10O4S/c1-5-9-13-17-18-19-20-21-22-24-28-31(27-23-14-10-6-2)32(33,29-25-15-11-7-3)30-26-16-12-8-4;1-2-3-4-8-9(5,6)7/h31H,5-30,33H2,1-4H3;2-4H2,1H3,(H,5,6,7). The Morgan fingerprint density at radius 3 is 1.19 bits per heavy atom. The average molecular weight is 637 g/mol. The van der Waals surface area contributed by atoms with Crippen molar-refractivity contribution in [2.45, 2.75) is 220 Å². The van der Waals surface area contributed by atoms with Crippen molar-refractivity contribution in [3.8, 4) is 0 Å². The van der Waals surface area contributed by atoms with Crippen molar-refractivity contribution >= 4 is 19.6 Å². The summed E-state index contributed by atoms with van der Waals surface area (Å²) in [6.45, 7) is 11.3. The van der Waals surface area contributed by atoms with E-state index in [0.717, 1.165) is 12.3 Å². The summed E-state index contributed by atoms with van der Waals surface area (Å²) in [4.78, 5) is 0. The van der Waals surface area contributed by atoms with Crippen LogP contribution in [0.4, 0.5) is 0 Å². The second kappa shape index (κ2) is 32.7. The van der Waals surface area contributed by atoms with Gasteiger partial charge in [0, 0.05) is 0 Å². The Morgan fingerprint density at radius 1 is 0.524 bits per heavy atom. The Kier molecular flexibility index (Phi) is 34.6. The quantitative estimate of drug-likeness (QED) is 0.0467. The summed E-state index contributed by atoms with van der Waals surface area (Å²) >= 11 is 0. The minimum Gasteiger partial charge on any atom is -0.264 e. The van der Waals surface area contributed by atoms with Gasteiger partial charge in [-0.25, -0.2) is 4.18 Å². The predicted molar refractivity (Wildman–Crippen MR) is 191 cm³/mol. The van der Waals surface area contributed by atoms with Gasteiger partial charge in [0.05, 0.1) is 6.61 Å². The molecule has 2 atom stereocenters. The number of rotatable bonds is 31. The van der Waals surface area contributed by atoms with Gasteiger partial charge in [0.1, 0.15) is 0 Å². The molecule has 0 heterocycles. The fraction of sp³-hybridized carbons (Fsp3) is 1.00. The van der Waals surface area contributed by atoms with E-state index >= 15 is 0 Å². The summed E-state index contributed by atoms with van der Waals surface area (Å²) < 4.78 is 31.7. The Hall–Kier alpha value is 0.300. The van der Waals surface area contributed by atoms with Crippen LogP contribution in [0.3, 0.4) is 0 Å². The molecule has 0 fully saturated rings. The van der Waals surface area contributed by atoms with Crippen molar-refractivity contribution in [2.24, 2.45) is 5.92 Å². The maximum absolute atomic E-state index is 9.84. The molecular weight excluding hydrogens is 559 g/mol. The molecule has 6 heteroatoms. The molecule has 0 saturated heterocycles. The molecule has 0 amide bonds. The Bertz CT molecular complexity index is 614. The lowest BCUT2D eigenvalue weighted by Crippen LogP contribution is -2.32. The molecule has 0 aliphatic rings. The predicted octanol–water partition coefficient (Wildman–Crippen LogP) is 13.0. The van der Waals surface area contributed by atoms with Crippen molar-refractivity contribution in [1.29, 1.82) is 0 Å². The molecule has 0 aromatic heterocycles. The van der Waals surface area contributed by atoms with E-state index < -0.39 is 10.4 Å². The minimum absolute atomic E-state index is 0.0648. The van der Waals surface area contributed by atoms with Crippen molar-refractivity contribution in [1.82, 2.24) is 0 Å². The first-order chi connectivity index (χ1) is 20.2. The van der Waals surface area contributed by atoms with Gasteiger partial charge in [-0.15, -0.1) is 9.24 Å². The van der Waals surface area contributed by atoms with Gasteiger partial charge in [0.2, 0.25) is 0 Å². The fourth-order valence-electron chi connectivity index (χ4n) is 6.02. The summed E-state index contributed by atoms with van der Waals surface area (Å²) in [5.74, 6) is 0.941. The third-order valence-electron chi connectivity index (χ3n) is 8.85. The van der Waals surface area contributed by atoms with Crippen molar-refractivity contribution < 1.29 is 17.2 Å². The molecular formula is C36H77O4PS. The lowest BCUT2D eigenvalue weighted by molar-refractivity contribution is 0.264. The van der Waals surface area contributed by atoms with E-state index in [1.165, 1.54) is 167 Å². The second-order valence-corrected chi connectivity index (χ2v) is 15.2. The molecule has 0 bridgehead atoms. The number of hydrogen-bond donors (Lipinski definition) is 1. The van der Waals surface area contributed by atoms with Gasteiger partial charge in [0.25, 0.3) is 0 Å². The molecule has 0 aliphatic heterocycles. The molecule has 1 N–H and O–H groups in total. The monoisotopic (exact) mass is 637 g/mol. The largest absolute Gasteiger partial charge is 0.397 e. The average Bonchev–Trinajstić information content (AvgIpc) is 2.95. The van der Waals surface area contributed by atoms with E-state index in [0.29, 0.717) is 11.6 Å². The first-order valence-corrected chi connectivity index (χ1v) is 20.6. The topological polar surface area (TPSA) is 63.6 Å². The summed E-state index contributed by atoms with van der Waals surface area (Å²) in [6, 6.07) is 0. The molecule has 0 rings (SSSR count). The molecule has 0 spiro atoms. The van der Waals surface area contributed by atoms with Gasteiger partial charge in [0.15, 0.2) is 0 Å². The first kappa shape index (κ1) is 44.4. The molecule has 256 valence electrons. The molecule has 42 heavy (non-hydrogen) atoms. The third kappa shape index (κ3) is 31.7. The highest BCUT2D eigenvalue weighted by atomic mass is 32.3. The molecule has 0 aromatic rings. The van der Waals surface area contributed by atoms with Crippen LogP contribution in [0.5, 0.6) is 0 Å². The van der Waals surface area contributed by atoms with Crippen molar-refractivity contribution in [2.75, 3.05) is 6.61 Å². The van der Waals surface area contributed by atoms with Crippen LogP contribution < -0.4 is 0 Å². The highest BCUT2D eigenvalue weighted by molar-refractivity contribution is 7.80. The van der Waals surface area contributed by atoms with E-state index in [4.69, 9.17) is 4.55 Å². The Morgan fingerprint density at radius 2 is 0.833 bits per heavy atom. The van der Waals surface area contributed by atoms with E-state index in [9.17, 15) is 8.42 Å². The zero-order chi connectivity index (χ0) is 31.8.